The summed E-state index contributed by atoms with van der Waals surface area (Å²) in [6, 6.07) is 72.8. The molecule has 0 N–H and O–H groups in total. The first-order valence-corrected chi connectivity index (χ1v) is 22.0. The van der Waals surface area contributed by atoms with Gasteiger partial charge in [-0.2, -0.15) is 0 Å². The minimum atomic E-state index is -0.510. The zero-order valence-electron chi connectivity index (χ0n) is 34.9. The molecule has 4 heterocycles. The second kappa shape index (κ2) is 13.6. The van der Waals surface area contributed by atoms with Gasteiger partial charge in [-0.15, -0.1) is 0 Å². The lowest BCUT2D eigenvalue weighted by Crippen LogP contribution is -2.25. The summed E-state index contributed by atoms with van der Waals surface area (Å²) < 4.78 is 8.57. The first-order chi connectivity index (χ1) is 32.2. The SMILES string of the molecule is c1ccc(-c2c(-c3ccccc3-c3nc(-c4ccc5c(c4)C4(c6ccccc6-c6ccccc64)c4ccccc4-5)nc(-c4ccc5c(c4)oc4ccccc45)n3)nc3ccccn23)cc1. The summed E-state index contributed by atoms with van der Waals surface area (Å²) in [5, 5.41) is 2.12. The van der Waals surface area contributed by atoms with Gasteiger partial charge >= 0.3 is 0 Å². The molecule has 0 unspecified atom stereocenters. The molecule has 4 aromatic heterocycles. The predicted molar refractivity (Wildman–Crippen MR) is 259 cm³/mol. The van der Waals surface area contributed by atoms with E-state index < -0.39 is 5.41 Å². The predicted octanol–water partition coefficient (Wildman–Crippen LogP) is 14.1. The topological polar surface area (TPSA) is 69.1 Å². The number of para-hydroxylation sites is 1. The molecule has 0 atom stereocenters. The van der Waals surface area contributed by atoms with Gasteiger partial charge in [0, 0.05) is 44.8 Å². The fourth-order valence-corrected chi connectivity index (χ4v) is 10.8. The maximum absolute atomic E-state index is 6.42. The fraction of sp³-hybridized carbons (Fsp3) is 0.0169. The molecule has 6 nitrogen and oxygen atoms in total. The molecule has 0 fully saturated rings. The van der Waals surface area contributed by atoms with Crippen molar-refractivity contribution in [2.75, 3.05) is 0 Å². The van der Waals surface area contributed by atoms with Gasteiger partial charge in [-0.3, -0.25) is 4.40 Å². The average molecular weight is 830 g/mol. The summed E-state index contributed by atoms with van der Waals surface area (Å²) in [7, 11) is 0. The van der Waals surface area contributed by atoms with E-state index in [1.807, 2.05) is 48.5 Å². The number of hydrogen-bond acceptors (Lipinski definition) is 5. The van der Waals surface area contributed by atoms with Crippen molar-refractivity contribution in [2.45, 2.75) is 5.41 Å². The Morgan fingerprint density at radius 1 is 0.354 bits per heavy atom. The van der Waals surface area contributed by atoms with Crippen LogP contribution in [-0.2, 0) is 5.41 Å². The van der Waals surface area contributed by atoms with E-state index in [0.717, 1.165) is 66.8 Å². The largest absolute Gasteiger partial charge is 0.456 e. The van der Waals surface area contributed by atoms with Gasteiger partial charge in [-0.1, -0.05) is 170 Å². The van der Waals surface area contributed by atoms with Crippen LogP contribution >= 0.6 is 0 Å². The van der Waals surface area contributed by atoms with Crippen LogP contribution < -0.4 is 0 Å². The van der Waals surface area contributed by atoms with Gasteiger partial charge in [-0.05, 0) is 80.9 Å². The second-order valence-electron chi connectivity index (χ2n) is 16.9. The Morgan fingerprint density at radius 2 is 0.892 bits per heavy atom. The molecule has 2 aliphatic rings. The lowest BCUT2D eigenvalue weighted by molar-refractivity contribution is 0.669. The van der Waals surface area contributed by atoms with E-state index in [0.29, 0.717) is 17.5 Å². The van der Waals surface area contributed by atoms with Crippen LogP contribution in [-0.4, -0.2) is 24.3 Å². The molecule has 65 heavy (non-hydrogen) atoms. The summed E-state index contributed by atoms with van der Waals surface area (Å²) in [5.41, 5.74) is 18.5. The van der Waals surface area contributed by atoms with Crippen LogP contribution in [0.4, 0.5) is 0 Å². The van der Waals surface area contributed by atoms with E-state index in [1.54, 1.807) is 0 Å². The van der Waals surface area contributed by atoms with Crippen molar-refractivity contribution in [1.29, 1.82) is 0 Å². The van der Waals surface area contributed by atoms with Crippen molar-refractivity contribution in [1.82, 2.24) is 24.3 Å². The number of benzene rings is 8. The van der Waals surface area contributed by atoms with E-state index >= 15 is 0 Å². The Hall–Kier alpha value is -8.74. The van der Waals surface area contributed by atoms with Gasteiger partial charge in [0.2, 0.25) is 0 Å². The van der Waals surface area contributed by atoms with Gasteiger partial charge in [0.05, 0.1) is 16.8 Å². The number of rotatable bonds is 5. The minimum absolute atomic E-state index is 0.510. The standard InChI is InChI=1S/C59H35N5O/c1-2-16-36(17-3-1)55-54(60-53-28-14-15-33-64(53)55)45-22-4-5-23-46(45)58-62-56(61-57(63-58)38-30-32-44-43-21-9-13-27-51(43)65-52(44)35-38)37-29-31-42-41-20-8-12-26-49(41)59(50(42)34-37)47-24-10-6-18-39(47)40-19-7-11-25-48(40)59/h1-35H. The zero-order valence-corrected chi connectivity index (χ0v) is 34.9. The van der Waals surface area contributed by atoms with E-state index in [-0.39, 0.29) is 0 Å². The molecular weight excluding hydrogens is 795 g/mol. The van der Waals surface area contributed by atoms with Gasteiger partial charge in [0.1, 0.15) is 16.8 Å². The van der Waals surface area contributed by atoms with E-state index in [9.17, 15) is 0 Å². The zero-order chi connectivity index (χ0) is 42.6. The lowest BCUT2D eigenvalue weighted by atomic mass is 9.70. The number of nitrogens with zero attached hydrogens (tertiary/aromatic N) is 5. The molecule has 2 aliphatic carbocycles. The lowest BCUT2D eigenvalue weighted by Gasteiger charge is -2.30. The molecule has 0 aliphatic heterocycles. The Balaban J connectivity index is 1.02. The quantitative estimate of drug-likeness (QED) is 0.173. The maximum atomic E-state index is 6.42. The van der Waals surface area contributed by atoms with Gasteiger partial charge in [-0.25, -0.2) is 19.9 Å². The highest BCUT2D eigenvalue weighted by Crippen LogP contribution is 2.63. The van der Waals surface area contributed by atoms with Crippen LogP contribution in [0.15, 0.2) is 217 Å². The summed E-state index contributed by atoms with van der Waals surface area (Å²) in [5.74, 6) is 1.68. The molecule has 6 heteroatoms. The van der Waals surface area contributed by atoms with Crippen LogP contribution in [0.25, 0.3) is 107 Å². The normalized spacial score (nSPS) is 13.0. The average Bonchev–Trinajstić information content (AvgIpc) is 4.11. The third kappa shape index (κ3) is 5.10. The number of aromatic nitrogens is 5. The van der Waals surface area contributed by atoms with Crippen LogP contribution in [0.1, 0.15) is 22.3 Å². The molecule has 0 saturated carbocycles. The summed E-state index contributed by atoms with van der Waals surface area (Å²) in [6.45, 7) is 0. The molecule has 302 valence electrons. The van der Waals surface area contributed by atoms with E-state index in [4.69, 9.17) is 24.4 Å². The number of imidazole rings is 1. The molecule has 0 bridgehead atoms. The van der Waals surface area contributed by atoms with Crippen molar-refractivity contribution in [2.24, 2.45) is 0 Å². The number of hydrogen-bond donors (Lipinski definition) is 0. The highest BCUT2D eigenvalue weighted by molar-refractivity contribution is 6.06. The number of fused-ring (bicyclic) bond motifs is 14. The van der Waals surface area contributed by atoms with Crippen molar-refractivity contribution in [3.8, 4) is 78.9 Å². The fourth-order valence-electron chi connectivity index (χ4n) is 10.8. The summed E-state index contributed by atoms with van der Waals surface area (Å²) in [6.07, 6.45) is 2.07. The van der Waals surface area contributed by atoms with Crippen molar-refractivity contribution >= 4 is 27.6 Å². The van der Waals surface area contributed by atoms with Crippen LogP contribution in [0.5, 0.6) is 0 Å². The molecule has 8 aromatic carbocycles. The maximum Gasteiger partial charge on any atom is 0.164 e. The molecule has 0 radical (unpaired) electrons. The van der Waals surface area contributed by atoms with Gasteiger partial charge < -0.3 is 4.42 Å². The highest BCUT2D eigenvalue weighted by atomic mass is 16.3. The summed E-state index contributed by atoms with van der Waals surface area (Å²) >= 11 is 0. The third-order valence-corrected chi connectivity index (χ3v) is 13.5. The molecule has 14 rings (SSSR count). The van der Waals surface area contributed by atoms with Gasteiger partial charge in [0.15, 0.2) is 17.5 Å². The van der Waals surface area contributed by atoms with Crippen molar-refractivity contribution in [3.05, 3.63) is 235 Å². The van der Waals surface area contributed by atoms with Crippen molar-refractivity contribution < 1.29 is 4.42 Å². The third-order valence-electron chi connectivity index (χ3n) is 13.5. The number of furan rings is 1. The minimum Gasteiger partial charge on any atom is -0.456 e. The Kier molecular flexibility index (Phi) is 7.51. The van der Waals surface area contributed by atoms with Crippen LogP contribution in [0.2, 0.25) is 0 Å². The van der Waals surface area contributed by atoms with E-state index in [2.05, 4.69) is 168 Å². The van der Waals surface area contributed by atoms with Crippen LogP contribution in [0, 0.1) is 0 Å². The first kappa shape index (κ1) is 35.8. The van der Waals surface area contributed by atoms with Gasteiger partial charge in [0.25, 0.3) is 0 Å². The van der Waals surface area contributed by atoms with E-state index in [1.165, 1.54) is 44.5 Å². The first-order valence-electron chi connectivity index (χ1n) is 22.0. The highest BCUT2D eigenvalue weighted by Gasteiger charge is 2.51. The monoisotopic (exact) mass is 829 g/mol. The molecule has 0 amide bonds. The Bertz CT molecular complexity index is 3860. The van der Waals surface area contributed by atoms with Crippen molar-refractivity contribution in [3.63, 3.8) is 0 Å². The Morgan fingerprint density at radius 3 is 1.62 bits per heavy atom. The molecule has 0 saturated heterocycles. The van der Waals surface area contributed by atoms with Crippen LogP contribution in [0.3, 0.4) is 0 Å². The molecule has 1 spiro atoms. The second-order valence-corrected chi connectivity index (χ2v) is 16.9. The molecular formula is C59H35N5O. The summed E-state index contributed by atoms with van der Waals surface area (Å²) in [4.78, 5) is 21.4. The molecule has 12 aromatic rings. The smallest absolute Gasteiger partial charge is 0.164 e. The Labute approximate surface area is 373 Å². The number of pyridine rings is 1.